The summed E-state index contributed by atoms with van der Waals surface area (Å²) >= 11 is 1.62. The molecule has 0 bridgehead atoms. The Morgan fingerprint density at radius 3 is 2.66 bits per heavy atom. The number of aromatic nitrogens is 1. The minimum Gasteiger partial charge on any atom is -0.341 e. The maximum Gasteiger partial charge on any atom is 0.291 e. The predicted octanol–water partition coefficient (Wildman–Crippen LogP) is 3.58. The van der Waals surface area contributed by atoms with Gasteiger partial charge in [0.05, 0.1) is 22.5 Å². The standard InChI is InChI=1S/C22H22N4O2S/c27-21(24-10-5-2-6-11-24)15-26-22(28)19-13-20-18(9-12-29-20)25(19)14-17(23-26)16-7-3-1-4-8-16/h1,3-4,7-9,12-13H,2,5-6,10-11,14-15H2. The van der Waals surface area contributed by atoms with Crippen molar-refractivity contribution in [3.63, 3.8) is 0 Å². The van der Waals surface area contributed by atoms with Crippen molar-refractivity contribution >= 4 is 39.1 Å². The highest BCUT2D eigenvalue weighted by Crippen LogP contribution is 2.28. The number of benzene rings is 1. The average Bonchev–Trinajstić information content (AvgIpc) is 3.32. The summed E-state index contributed by atoms with van der Waals surface area (Å²) in [7, 11) is 0. The van der Waals surface area contributed by atoms with E-state index in [4.69, 9.17) is 0 Å². The van der Waals surface area contributed by atoms with Gasteiger partial charge in [0.1, 0.15) is 12.2 Å². The van der Waals surface area contributed by atoms with Crippen molar-refractivity contribution in [1.82, 2.24) is 14.5 Å². The summed E-state index contributed by atoms with van der Waals surface area (Å²) in [5.41, 5.74) is 3.37. The van der Waals surface area contributed by atoms with E-state index in [-0.39, 0.29) is 18.4 Å². The fourth-order valence-electron chi connectivity index (χ4n) is 4.09. The Hall–Kier alpha value is -2.93. The van der Waals surface area contributed by atoms with E-state index < -0.39 is 0 Å². The van der Waals surface area contributed by atoms with Gasteiger partial charge in [-0.25, -0.2) is 5.01 Å². The largest absolute Gasteiger partial charge is 0.341 e. The highest BCUT2D eigenvalue weighted by molar-refractivity contribution is 7.17. The molecule has 0 radical (unpaired) electrons. The van der Waals surface area contributed by atoms with E-state index in [0.717, 1.165) is 53.8 Å². The summed E-state index contributed by atoms with van der Waals surface area (Å²) in [6.45, 7) is 2.01. The molecule has 5 rings (SSSR count). The molecule has 3 aromatic rings. The van der Waals surface area contributed by atoms with Crippen molar-refractivity contribution in [2.24, 2.45) is 5.10 Å². The third-order valence-corrected chi connectivity index (χ3v) is 6.48. The van der Waals surface area contributed by atoms with Gasteiger partial charge in [0.2, 0.25) is 5.91 Å². The van der Waals surface area contributed by atoms with Crippen LogP contribution >= 0.6 is 11.3 Å². The maximum absolute atomic E-state index is 13.3. The molecule has 2 amide bonds. The molecule has 2 aliphatic heterocycles. The van der Waals surface area contributed by atoms with Gasteiger partial charge in [-0.1, -0.05) is 30.3 Å². The van der Waals surface area contributed by atoms with Gasteiger partial charge in [-0.3, -0.25) is 9.59 Å². The van der Waals surface area contributed by atoms with Crippen LogP contribution in [0.5, 0.6) is 0 Å². The topological polar surface area (TPSA) is 57.9 Å². The summed E-state index contributed by atoms with van der Waals surface area (Å²) in [6.07, 6.45) is 3.21. The quantitative estimate of drug-likeness (QED) is 0.668. The molecule has 1 fully saturated rings. The van der Waals surface area contributed by atoms with Crippen LogP contribution in [0.2, 0.25) is 0 Å². The molecule has 0 aliphatic carbocycles. The van der Waals surface area contributed by atoms with Crippen LogP contribution in [0.25, 0.3) is 10.2 Å². The molecule has 6 nitrogen and oxygen atoms in total. The van der Waals surface area contributed by atoms with E-state index >= 15 is 0 Å². The second kappa shape index (κ2) is 7.48. The summed E-state index contributed by atoms with van der Waals surface area (Å²) in [4.78, 5) is 28.0. The number of hydrogen-bond acceptors (Lipinski definition) is 4. The molecule has 2 aliphatic rings. The first-order valence-electron chi connectivity index (χ1n) is 10.00. The molecule has 0 spiro atoms. The molecule has 29 heavy (non-hydrogen) atoms. The van der Waals surface area contributed by atoms with Crippen molar-refractivity contribution in [2.45, 2.75) is 25.8 Å². The Balaban J connectivity index is 1.54. The number of rotatable bonds is 3. The van der Waals surface area contributed by atoms with Gasteiger partial charge >= 0.3 is 0 Å². The number of nitrogens with zero attached hydrogens (tertiary/aromatic N) is 4. The molecule has 1 saturated heterocycles. The van der Waals surface area contributed by atoms with Crippen LogP contribution in [0, 0.1) is 0 Å². The van der Waals surface area contributed by atoms with Crippen LogP contribution < -0.4 is 0 Å². The van der Waals surface area contributed by atoms with Crippen LogP contribution in [-0.2, 0) is 11.3 Å². The van der Waals surface area contributed by atoms with Crippen molar-refractivity contribution in [3.8, 4) is 0 Å². The Labute approximate surface area is 173 Å². The zero-order valence-corrected chi connectivity index (χ0v) is 16.9. The van der Waals surface area contributed by atoms with Crippen LogP contribution in [0.3, 0.4) is 0 Å². The maximum atomic E-state index is 13.3. The Kier molecular flexibility index (Phi) is 4.67. The second-order valence-electron chi connectivity index (χ2n) is 7.50. The highest BCUT2D eigenvalue weighted by atomic mass is 32.1. The SMILES string of the molecule is O=C(CN1N=C(c2ccccc2)Cn2c(cc3sccc32)C1=O)N1CCCCC1. The zero-order chi connectivity index (χ0) is 19.8. The number of carbonyl (C=O) groups is 2. The van der Waals surface area contributed by atoms with E-state index in [1.54, 1.807) is 11.3 Å². The first-order chi connectivity index (χ1) is 14.2. The smallest absolute Gasteiger partial charge is 0.291 e. The molecule has 0 saturated carbocycles. The van der Waals surface area contributed by atoms with Gasteiger partial charge in [0, 0.05) is 13.1 Å². The number of hydrazone groups is 1. The molecule has 0 unspecified atom stereocenters. The number of amides is 2. The highest BCUT2D eigenvalue weighted by Gasteiger charge is 2.29. The Bertz CT molecular complexity index is 1090. The molecular weight excluding hydrogens is 384 g/mol. The minimum absolute atomic E-state index is 0.0198. The van der Waals surface area contributed by atoms with Gasteiger partial charge in [-0.05, 0) is 42.3 Å². The van der Waals surface area contributed by atoms with Crippen LogP contribution in [0.1, 0.15) is 35.3 Å². The fourth-order valence-corrected chi connectivity index (χ4v) is 4.91. The number of hydrogen-bond donors (Lipinski definition) is 0. The van der Waals surface area contributed by atoms with E-state index in [2.05, 4.69) is 5.10 Å². The molecule has 1 aromatic carbocycles. The molecule has 0 N–H and O–H groups in total. The third-order valence-electron chi connectivity index (χ3n) is 5.63. The normalized spacial score (nSPS) is 17.2. The zero-order valence-electron chi connectivity index (χ0n) is 16.1. The number of likely N-dealkylation sites (tertiary alicyclic amines) is 1. The number of fused-ring (bicyclic) bond motifs is 3. The van der Waals surface area contributed by atoms with E-state index in [1.807, 2.05) is 57.3 Å². The lowest BCUT2D eigenvalue weighted by Crippen LogP contribution is -2.43. The van der Waals surface area contributed by atoms with Crippen molar-refractivity contribution in [1.29, 1.82) is 0 Å². The number of thiophene rings is 1. The van der Waals surface area contributed by atoms with Gasteiger partial charge in [0.15, 0.2) is 0 Å². The first kappa shape index (κ1) is 18.1. The van der Waals surface area contributed by atoms with Crippen molar-refractivity contribution in [2.75, 3.05) is 19.6 Å². The summed E-state index contributed by atoms with van der Waals surface area (Å²) in [5, 5.41) is 8.07. The molecular formula is C22H22N4O2S. The summed E-state index contributed by atoms with van der Waals surface area (Å²) < 4.78 is 3.09. The summed E-state index contributed by atoms with van der Waals surface area (Å²) in [5.74, 6) is -0.249. The molecule has 4 heterocycles. The predicted molar refractivity (Wildman–Crippen MR) is 114 cm³/mol. The molecule has 0 atom stereocenters. The Morgan fingerprint density at radius 1 is 1.07 bits per heavy atom. The van der Waals surface area contributed by atoms with Gasteiger partial charge in [-0.15, -0.1) is 11.3 Å². The lowest BCUT2D eigenvalue weighted by Gasteiger charge is -2.28. The monoisotopic (exact) mass is 406 g/mol. The van der Waals surface area contributed by atoms with E-state index in [0.29, 0.717) is 12.2 Å². The Morgan fingerprint density at radius 2 is 1.86 bits per heavy atom. The molecule has 2 aromatic heterocycles. The third kappa shape index (κ3) is 3.35. The van der Waals surface area contributed by atoms with Gasteiger partial charge < -0.3 is 9.47 Å². The average molecular weight is 407 g/mol. The van der Waals surface area contributed by atoms with Crippen LogP contribution in [-0.4, -0.2) is 51.6 Å². The lowest BCUT2D eigenvalue weighted by molar-refractivity contribution is -0.132. The minimum atomic E-state index is -0.218. The second-order valence-corrected chi connectivity index (χ2v) is 8.45. The van der Waals surface area contributed by atoms with E-state index in [9.17, 15) is 9.59 Å². The molecule has 148 valence electrons. The lowest BCUT2D eigenvalue weighted by atomic mass is 10.1. The van der Waals surface area contributed by atoms with Gasteiger partial charge in [-0.2, -0.15) is 5.10 Å². The fraction of sp³-hybridized carbons (Fsp3) is 0.318. The van der Waals surface area contributed by atoms with Crippen molar-refractivity contribution < 1.29 is 9.59 Å². The number of piperidine rings is 1. The van der Waals surface area contributed by atoms with E-state index in [1.165, 1.54) is 5.01 Å². The summed E-state index contributed by atoms with van der Waals surface area (Å²) in [6, 6.07) is 13.8. The van der Waals surface area contributed by atoms with Crippen LogP contribution in [0.15, 0.2) is 52.9 Å². The van der Waals surface area contributed by atoms with Crippen LogP contribution in [0.4, 0.5) is 0 Å². The van der Waals surface area contributed by atoms with Gasteiger partial charge in [0.25, 0.3) is 5.91 Å². The molecule has 7 heteroatoms. The first-order valence-corrected chi connectivity index (χ1v) is 10.9. The number of carbonyl (C=O) groups excluding carboxylic acids is 2. The van der Waals surface area contributed by atoms with Crippen molar-refractivity contribution in [3.05, 3.63) is 59.1 Å².